The zero-order chi connectivity index (χ0) is 23.5. The number of imidazole rings is 1. The summed E-state index contributed by atoms with van der Waals surface area (Å²) in [6.45, 7) is 7.45. The molecule has 1 aliphatic carbocycles. The van der Waals surface area contributed by atoms with E-state index in [1.54, 1.807) is 0 Å². The number of aromatic amines is 1. The predicted octanol–water partition coefficient (Wildman–Crippen LogP) is 5.79. The van der Waals surface area contributed by atoms with E-state index >= 15 is 0 Å². The minimum absolute atomic E-state index is 0.0869. The molecule has 2 atom stereocenters. The topological polar surface area (TPSA) is 70.8 Å². The van der Waals surface area contributed by atoms with Gasteiger partial charge in [-0.1, -0.05) is 42.5 Å². The van der Waals surface area contributed by atoms with Crippen LogP contribution in [0.5, 0.6) is 0 Å². The van der Waals surface area contributed by atoms with Gasteiger partial charge in [-0.3, -0.25) is 9.88 Å². The maximum Gasteiger partial charge on any atom is 0.124 e. The van der Waals surface area contributed by atoms with Crippen LogP contribution in [0.2, 0.25) is 0 Å². The van der Waals surface area contributed by atoms with Crippen LogP contribution >= 0.6 is 0 Å². The summed E-state index contributed by atoms with van der Waals surface area (Å²) >= 11 is 0. The van der Waals surface area contributed by atoms with Crippen molar-refractivity contribution in [2.45, 2.75) is 57.8 Å². The van der Waals surface area contributed by atoms with Gasteiger partial charge in [-0.2, -0.15) is 0 Å². The van der Waals surface area contributed by atoms with Gasteiger partial charge in [0.2, 0.25) is 0 Å². The van der Waals surface area contributed by atoms with E-state index in [-0.39, 0.29) is 12.1 Å². The molecule has 1 aliphatic rings. The van der Waals surface area contributed by atoms with E-state index in [0.29, 0.717) is 6.54 Å². The van der Waals surface area contributed by atoms with E-state index in [0.717, 1.165) is 49.1 Å². The number of fused-ring (bicyclic) bond motifs is 2. The third kappa shape index (κ3) is 4.41. The summed E-state index contributed by atoms with van der Waals surface area (Å²) in [4.78, 5) is 15.9. The van der Waals surface area contributed by atoms with Crippen LogP contribution in [0, 0.1) is 0 Å². The van der Waals surface area contributed by atoms with Gasteiger partial charge in [0.25, 0.3) is 0 Å². The molecule has 0 saturated carbocycles. The van der Waals surface area contributed by atoms with Crippen LogP contribution in [0.3, 0.4) is 0 Å². The fourth-order valence-electron chi connectivity index (χ4n) is 5.27. The summed E-state index contributed by atoms with van der Waals surface area (Å²) in [6.07, 6.45) is 8.06. The van der Waals surface area contributed by atoms with Crippen molar-refractivity contribution in [1.29, 1.82) is 0 Å². The lowest BCUT2D eigenvalue weighted by Gasteiger charge is -2.38. The van der Waals surface area contributed by atoms with Gasteiger partial charge in [0.15, 0.2) is 0 Å². The quantitative estimate of drug-likeness (QED) is 0.333. The number of rotatable bonds is 8. The molecular weight excluding hydrogens is 418 g/mol. The highest BCUT2D eigenvalue weighted by Gasteiger charge is 2.32. The molecule has 2 heterocycles. The second-order valence-electron chi connectivity index (χ2n) is 9.24. The van der Waals surface area contributed by atoms with Gasteiger partial charge in [0.1, 0.15) is 5.82 Å². The van der Waals surface area contributed by atoms with Gasteiger partial charge in [0, 0.05) is 19.3 Å². The molecule has 0 radical (unpaired) electrons. The number of benzene rings is 2. The minimum atomic E-state index is 0.0869. The average Bonchev–Trinajstić information content (AvgIpc) is 3.32. The molecule has 0 spiro atoms. The number of hydrogen-bond donors (Lipinski definition) is 2. The van der Waals surface area contributed by atoms with Crippen molar-refractivity contribution in [3.05, 3.63) is 107 Å². The monoisotopic (exact) mass is 451 g/mol. The third-order valence-corrected chi connectivity index (χ3v) is 7.09. The van der Waals surface area contributed by atoms with Gasteiger partial charge in [-0.15, -0.1) is 6.58 Å². The Morgan fingerprint density at radius 1 is 1.18 bits per heavy atom. The summed E-state index contributed by atoms with van der Waals surface area (Å²) < 4.78 is 0. The Hall–Kier alpha value is -3.28. The van der Waals surface area contributed by atoms with Gasteiger partial charge in [-0.05, 0) is 73.1 Å². The van der Waals surface area contributed by atoms with Crippen LogP contribution < -0.4 is 5.73 Å². The zero-order valence-corrected chi connectivity index (χ0v) is 19.9. The molecule has 2 unspecified atom stereocenters. The average molecular weight is 452 g/mol. The molecule has 34 heavy (non-hydrogen) atoms. The molecule has 0 saturated heterocycles. The lowest BCUT2D eigenvalue weighted by atomic mass is 9.89. The number of hydrogen-bond acceptors (Lipinski definition) is 4. The van der Waals surface area contributed by atoms with Crippen molar-refractivity contribution in [3.8, 4) is 0 Å². The fourth-order valence-corrected chi connectivity index (χ4v) is 5.27. The second-order valence-corrected chi connectivity index (χ2v) is 9.24. The van der Waals surface area contributed by atoms with Gasteiger partial charge in [-0.25, -0.2) is 4.98 Å². The van der Waals surface area contributed by atoms with Crippen molar-refractivity contribution < 1.29 is 0 Å². The summed E-state index contributed by atoms with van der Waals surface area (Å²) in [5.41, 5.74) is 14.6. The van der Waals surface area contributed by atoms with Gasteiger partial charge >= 0.3 is 0 Å². The Balaban J connectivity index is 1.56. The van der Waals surface area contributed by atoms with Crippen LogP contribution in [0.15, 0.2) is 73.4 Å². The summed E-state index contributed by atoms with van der Waals surface area (Å²) in [6, 6.07) is 19.5. The first-order valence-electron chi connectivity index (χ1n) is 12.2. The number of aromatic nitrogens is 3. The number of aryl methyl sites for hydroxylation is 1. The van der Waals surface area contributed by atoms with E-state index in [2.05, 4.69) is 65.9 Å². The van der Waals surface area contributed by atoms with Crippen LogP contribution in [0.25, 0.3) is 11.0 Å². The molecule has 2 aromatic heterocycles. The van der Waals surface area contributed by atoms with Crippen LogP contribution in [0.1, 0.15) is 65.6 Å². The van der Waals surface area contributed by atoms with Crippen molar-refractivity contribution in [2.24, 2.45) is 5.73 Å². The van der Waals surface area contributed by atoms with Gasteiger partial charge in [0.05, 0.1) is 28.8 Å². The van der Waals surface area contributed by atoms with Crippen molar-refractivity contribution in [2.75, 3.05) is 0 Å². The Morgan fingerprint density at radius 2 is 2.06 bits per heavy atom. The largest absolute Gasteiger partial charge is 0.341 e. The van der Waals surface area contributed by atoms with E-state index in [1.165, 1.54) is 27.9 Å². The highest BCUT2D eigenvalue weighted by Crippen LogP contribution is 2.39. The van der Waals surface area contributed by atoms with E-state index in [1.807, 2.05) is 24.4 Å². The lowest BCUT2D eigenvalue weighted by Crippen LogP contribution is -2.34. The molecule has 5 heteroatoms. The number of nitrogens with one attached hydrogen (secondary N) is 1. The molecule has 3 N–H and O–H groups in total. The highest BCUT2D eigenvalue weighted by atomic mass is 15.2. The first-order chi connectivity index (χ1) is 16.7. The molecule has 2 aromatic carbocycles. The number of H-pyrrole nitrogens is 1. The molecule has 0 aliphatic heterocycles. The lowest BCUT2D eigenvalue weighted by molar-refractivity contribution is 0.111. The molecule has 0 amide bonds. The van der Waals surface area contributed by atoms with Crippen molar-refractivity contribution >= 4 is 11.0 Å². The van der Waals surface area contributed by atoms with Crippen LogP contribution in [-0.2, 0) is 25.9 Å². The smallest absolute Gasteiger partial charge is 0.124 e. The van der Waals surface area contributed by atoms with Crippen LogP contribution in [0.4, 0.5) is 0 Å². The van der Waals surface area contributed by atoms with Crippen molar-refractivity contribution in [1.82, 2.24) is 19.9 Å². The van der Waals surface area contributed by atoms with E-state index in [4.69, 9.17) is 15.7 Å². The van der Waals surface area contributed by atoms with E-state index < -0.39 is 0 Å². The Morgan fingerprint density at radius 3 is 2.88 bits per heavy atom. The van der Waals surface area contributed by atoms with Crippen LogP contribution in [-0.4, -0.2) is 19.9 Å². The fraction of sp³-hybridized carbons (Fsp3) is 0.310. The predicted molar refractivity (Wildman–Crippen MR) is 138 cm³/mol. The number of para-hydroxylation sites is 2. The molecule has 5 rings (SSSR count). The zero-order valence-electron chi connectivity index (χ0n) is 19.9. The number of allylic oxidation sites excluding steroid dienone is 1. The molecule has 0 bridgehead atoms. The first-order valence-corrected chi connectivity index (χ1v) is 12.2. The normalized spacial score (nSPS) is 16.5. The molecule has 0 fully saturated rings. The van der Waals surface area contributed by atoms with E-state index in [9.17, 15) is 0 Å². The number of nitrogens with zero attached hydrogens (tertiary/aromatic N) is 3. The standard InChI is InChI=1S/C29H33N5/c1-3-8-21-14-15-23(24(17-21)18-30)19-34(27-13-6-9-22-10-7-16-31-28(22)27)20(2)29-32-25-11-4-5-12-26(25)33-29/h3-5,7,10-12,14-17,20,27H,1,6,8-9,13,18-19,30H2,2H3,(H,32,33). The maximum atomic E-state index is 6.21. The SMILES string of the molecule is C=CCc1ccc(CN(C(C)c2nc3ccccc3[nH]2)C2CCCc3cccnc32)c(CN)c1. The summed E-state index contributed by atoms with van der Waals surface area (Å²) in [7, 11) is 0. The Kier molecular flexibility index (Phi) is 6.57. The van der Waals surface area contributed by atoms with Crippen molar-refractivity contribution in [3.63, 3.8) is 0 Å². The molecule has 174 valence electrons. The van der Waals surface area contributed by atoms with Gasteiger partial charge < -0.3 is 10.7 Å². The molecular formula is C29H33N5. The number of nitrogens with two attached hydrogens (primary N) is 1. The Labute approximate surface area is 201 Å². The number of pyridine rings is 1. The summed E-state index contributed by atoms with van der Waals surface area (Å²) in [5.74, 6) is 0.988. The Bertz CT molecular complexity index is 1260. The maximum absolute atomic E-state index is 6.21. The minimum Gasteiger partial charge on any atom is -0.341 e. The second kappa shape index (κ2) is 9.92. The molecule has 5 nitrogen and oxygen atoms in total. The molecule has 4 aromatic rings. The summed E-state index contributed by atoms with van der Waals surface area (Å²) in [5, 5.41) is 0. The third-order valence-electron chi connectivity index (χ3n) is 7.09. The highest BCUT2D eigenvalue weighted by molar-refractivity contribution is 5.74. The first kappa shape index (κ1) is 22.5.